The fourth-order valence-corrected chi connectivity index (χ4v) is 2.84. The number of ketones is 1. The summed E-state index contributed by atoms with van der Waals surface area (Å²) in [6, 6.07) is 22.5. The Hall–Kier alpha value is -2.61. The van der Waals surface area contributed by atoms with Gasteiger partial charge in [0.1, 0.15) is 0 Å². The Labute approximate surface area is 137 Å². The minimum atomic E-state index is 0.201. The molecule has 2 nitrogen and oxygen atoms in total. The third kappa shape index (κ3) is 3.98. The quantitative estimate of drug-likeness (QED) is 0.607. The lowest BCUT2D eigenvalue weighted by Gasteiger charge is -2.09. The van der Waals surface area contributed by atoms with E-state index in [2.05, 4.69) is 37.3 Å². The molecule has 0 spiro atoms. The minimum absolute atomic E-state index is 0.201. The lowest BCUT2D eigenvalue weighted by molar-refractivity contribution is 0.0974. The summed E-state index contributed by atoms with van der Waals surface area (Å²) in [5.74, 6) is 0.201. The van der Waals surface area contributed by atoms with Crippen LogP contribution in [0.2, 0.25) is 0 Å². The first-order valence-electron chi connectivity index (χ1n) is 8.00. The smallest absolute Gasteiger partial charge is 0.179 e. The van der Waals surface area contributed by atoms with Gasteiger partial charge in [-0.3, -0.25) is 4.79 Å². The molecular weight excluding hydrogens is 282 g/mol. The molecule has 0 saturated heterocycles. The van der Waals surface area contributed by atoms with Gasteiger partial charge in [-0.1, -0.05) is 60.2 Å². The van der Waals surface area contributed by atoms with Crippen molar-refractivity contribution in [2.45, 2.75) is 26.3 Å². The molecule has 2 aromatic carbocycles. The van der Waals surface area contributed by atoms with Crippen LogP contribution in [0.15, 0.2) is 72.9 Å². The first-order chi connectivity index (χ1) is 11.2. The first-order valence-corrected chi connectivity index (χ1v) is 8.00. The van der Waals surface area contributed by atoms with Gasteiger partial charge in [0.2, 0.25) is 0 Å². The molecule has 1 aromatic heterocycles. The van der Waals surface area contributed by atoms with Crippen LogP contribution in [0.4, 0.5) is 0 Å². The van der Waals surface area contributed by atoms with Gasteiger partial charge in [-0.15, -0.1) is 0 Å². The maximum absolute atomic E-state index is 12.6. The Morgan fingerprint density at radius 1 is 0.913 bits per heavy atom. The first kappa shape index (κ1) is 15.3. The normalized spacial score (nSPS) is 10.7. The molecule has 0 radical (unpaired) electrons. The highest BCUT2D eigenvalue weighted by Gasteiger charge is 2.11. The molecule has 0 saturated carbocycles. The Morgan fingerprint density at radius 3 is 2.48 bits per heavy atom. The fraction of sp³-hybridized carbons (Fsp3) is 0.190. The summed E-state index contributed by atoms with van der Waals surface area (Å²) in [6.07, 6.45) is 3.31. The van der Waals surface area contributed by atoms with E-state index >= 15 is 0 Å². The van der Waals surface area contributed by atoms with Crippen LogP contribution in [0.3, 0.4) is 0 Å². The van der Waals surface area contributed by atoms with E-state index in [9.17, 15) is 4.79 Å². The maximum atomic E-state index is 12.6. The minimum Gasteiger partial charge on any atom is -0.341 e. The zero-order chi connectivity index (χ0) is 16.1. The monoisotopic (exact) mass is 303 g/mol. The maximum Gasteiger partial charge on any atom is 0.179 e. The lowest BCUT2D eigenvalue weighted by atomic mass is 10.0. The van der Waals surface area contributed by atoms with Crippen molar-refractivity contribution in [2.75, 3.05) is 0 Å². The van der Waals surface area contributed by atoms with Crippen LogP contribution in [-0.2, 0) is 13.0 Å². The average Bonchev–Trinajstić information content (AvgIpc) is 3.02. The van der Waals surface area contributed by atoms with Gasteiger partial charge in [0.05, 0.1) is 5.69 Å². The second-order valence-electron chi connectivity index (χ2n) is 5.92. The SMILES string of the molecule is Cc1cccc(CCC(=O)c2cccn2Cc2ccccc2)c1. The molecule has 0 atom stereocenters. The number of hydrogen-bond donors (Lipinski definition) is 0. The second kappa shape index (κ2) is 7.10. The zero-order valence-corrected chi connectivity index (χ0v) is 13.4. The van der Waals surface area contributed by atoms with Crippen LogP contribution in [-0.4, -0.2) is 10.4 Å². The van der Waals surface area contributed by atoms with E-state index in [1.165, 1.54) is 16.7 Å². The Morgan fingerprint density at radius 2 is 1.70 bits per heavy atom. The summed E-state index contributed by atoms with van der Waals surface area (Å²) in [5.41, 5.74) is 4.46. The van der Waals surface area contributed by atoms with Crippen LogP contribution in [0, 0.1) is 6.92 Å². The van der Waals surface area contributed by atoms with Crippen molar-refractivity contribution in [3.8, 4) is 0 Å². The van der Waals surface area contributed by atoms with Crippen molar-refractivity contribution in [1.82, 2.24) is 4.57 Å². The van der Waals surface area contributed by atoms with Crippen LogP contribution >= 0.6 is 0 Å². The molecule has 2 heteroatoms. The second-order valence-corrected chi connectivity index (χ2v) is 5.92. The van der Waals surface area contributed by atoms with Crippen molar-refractivity contribution in [2.24, 2.45) is 0 Å². The van der Waals surface area contributed by atoms with Crippen LogP contribution in [0.1, 0.15) is 33.6 Å². The largest absolute Gasteiger partial charge is 0.341 e. The van der Waals surface area contributed by atoms with Crippen molar-refractivity contribution in [3.63, 3.8) is 0 Å². The average molecular weight is 303 g/mol. The van der Waals surface area contributed by atoms with Crippen molar-refractivity contribution < 1.29 is 4.79 Å². The molecule has 0 bridgehead atoms. The summed E-state index contributed by atoms with van der Waals surface area (Å²) in [6.45, 7) is 2.82. The highest BCUT2D eigenvalue weighted by molar-refractivity contribution is 5.94. The van der Waals surface area contributed by atoms with Gasteiger partial charge in [0.15, 0.2) is 5.78 Å². The van der Waals surface area contributed by atoms with Gasteiger partial charge in [0.25, 0.3) is 0 Å². The molecule has 0 aliphatic rings. The lowest BCUT2D eigenvalue weighted by Crippen LogP contribution is -2.10. The summed E-state index contributed by atoms with van der Waals surface area (Å²) in [7, 11) is 0. The molecule has 23 heavy (non-hydrogen) atoms. The fourth-order valence-electron chi connectivity index (χ4n) is 2.84. The molecule has 0 unspecified atom stereocenters. The topological polar surface area (TPSA) is 22.0 Å². The van der Waals surface area contributed by atoms with Gasteiger partial charge in [-0.05, 0) is 36.6 Å². The number of aryl methyl sites for hydroxylation is 2. The molecule has 0 fully saturated rings. The summed E-state index contributed by atoms with van der Waals surface area (Å²) < 4.78 is 2.04. The summed E-state index contributed by atoms with van der Waals surface area (Å²) >= 11 is 0. The number of nitrogens with zero attached hydrogens (tertiary/aromatic N) is 1. The summed E-state index contributed by atoms with van der Waals surface area (Å²) in [4.78, 5) is 12.6. The number of benzene rings is 2. The van der Waals surface area contributed by atoms with E-state index < -0.39 is 0 Å². The van der Waals surface area contributed by atoms with E-state index in [1.807, 2.05) is 47.2 Å². The van der Waals surface area contributed by atoms with E-state index in [0.717, 1.165) is 18.7 Å². The van der Waals surface area contributed by atoms with E-state index in [1.54, 1.807) is 0 Å². The number of carbonyl (C=O) groups excluding carboxylic acids is 1. The van der Waals surface area contributed by atoms with Crippen LogP contribution < -0.4 is 0 Å². The molecule has 1 heterocycles. The molecule has 0 amide bonds. The van der Waals surface area contributed by atoms with Crippen LogP contribution in [0.5, 0.6) is 0 Å². The van der Waals surface area contributed by atoms with Gasteiger partial charge in [-0.2, -0.15) is 0 Å². The molecule has 116 valence electrons. The molecule has 3 rings (SSSR count). The predicted molar refractivity (Wildman–Crippen MR) is 93.8 cm³/mol. The van der Waals surface area contributed by atoms with E-state index in [-0.39, 0.29) is 5.78 Å². The van der Waals surface area contributed by atoms with Crippen molar-refractivity contribution in [3.05, 3.63) is 95.3 Å². The molecule has 0 aliphatic heterocycles. The van der Waals surface area contributed by atoms with E-state index in [4.69, 9.17) is 0 Å². The third-order valence-corrected chi connectivity index (χ3v) is 4.03. The van der Waals surface area contributed by atoms with Crippen molar-refractivity contribution >= 4 is 5.78 Å². The predicted octanol–water partition coefficient (Wildman–Crippen LogP) is 4.66. The third-order valence-electron chi connectivity index (χ3n) is 4.03. The number of aromatic nitrogens is 1. The Bertz CT molecular complexity index is 786. The highest BCUT2D eigenvalue weighted by Crippen LogP contribution is 2.13. The number of Topliss-reactive ketones (excluding diaryl/α,β-unsaturated/α-hetero) is 1. The standard InChI is InChI=1S/C21H21NO/c1-17-7-5-10-18(15-17)12-13-21(23)20-11-6-14-22(20)16-19-8-3-2-4-9-19/h2-11,14-15H,12-13,16H2,1H3. The summed E-state index contributed by atoms with van der Waals surface area (Å²) in [5, 5.41) is 0. The number of rotatable bonds is 6. The van der Waals surface area contributed by atoms with Crippen LogP contribution in [0.25, 0.3) is 0 Å². The van der Waals surface area contributed by atoms with E-state index in [0.29, 0.717) is 6.42 Å². The Balaban J connectivity index is 1.67. The number of carbonyl (C=O) groups is 1. The Kier molecular flexibility index (Phi) is 4.72. The molecular formula is C21H21NO. The molecule has 0 aliphatic carbocycles. The molecule has 0 N–H and O–H groups in total. The van der Waals surface area contributed by atoms with Crippen molar-refractivity contribution in [1.29, 1.82) is 0 Å². The zero-order valence-electron chi connectivity index (χ0n) is 13.4. The number of hydrogen-bond acceptors (Lipinski definition) is 1. The van der Waals surface area contributed by atoms with Gasteiger partial charge < -0.3 is 4.57 Å². The molecule has 3 aromatic rings. The van der Waals surface area contributed by atoms with Gasteiger partial charge in [-0.25, -0.2) is 0 Å². The van der Waals surface area contributed by atoms with Gasteiger partial charge in [0, 0.05) is 19.2 Å². The highest BCUT2D eigenvalue weighted by atomic mass is 16.1. The van der Waals surface area contributed by atoms with Gasteiger partial charge >= 0.3 is 0 Å².